The van der Waals surface area contributed by atoms with Crippen molar-refractivity contribution in [3.63, 3.8) is 0 Å². The van der Waals surface area contributed by atoms with Crippen LogP contribution in [0.4, 0.5) is 10.5 Å². The SMILES string of the molecule is CCn1c(-c2cccnc2[C@H](C)OC)c2c3cc(ccc31)N1CCO[C@@H](C[C@H](NC(=O)[C@H](C(C)C)N3CCC4CN(C(=O)n5ccnn5)C(CC#N)C4C3)C(=O)N3CCC[C@H](N3)C(=O)OCC(C)(C)C2)C1. The number of hydrogen-bond donors (Lipinski definition) is 2. The molecule has 19 nitrogen and oxygen atoms in total. The molecular weight excluding hydrogens is 905 g/mol. The van der Waals surface area contributed by atoms with E-state index in [-0.39, 0.29) is 67.2 Å². The number of aryl methyl sites for hydroxylation is 1. The molecule has 0 saturated carbocycles. The quantitative estimate of drug-likeness (QED) is 0.213. The lowest BCUT2D eigenvalue weighted by Crippen LogP contribution is -2.63. The number of nitrogens with one attached hydrogen (secondary N) is 2. The molecule has 6 bridgehead atoms. The van der Waals surface area contributed by atoms with Crippen LogP contribution < -0.4 is 15.6 Å². The number of methoxy groups -OCH3 is 1. The smallest absolute Gasteiger partial charge is 0.346 e. The summed E-state index contributed by atoms with van der Waals surface area (Å²) in [6.07, 6.45) is 6.84. The highest BCUT2D eigenvalue weighted by Gasteiger charge is 2.49. The van der Waals surface area contributed by atoms with E-state index in [2.05, 4.69) is 86.5 Å². The normalized spacial score (nSPS) is 26.1. The first kappa shape index (κ1) is 50.0. The number of morpholine rings is 1. The second-order valence-corrected chi connectivity index (χ2v) is 21.2. The van der Waals surface area contributed by atoms with Gasteiger partial charge in [-0.25, -0.2) is 10.2 Å². The van der Waals surface area contributed by atoms with E-state index in [4.69, 9.17) is 19.2 Å². The molecule has 8 atom stereocenters. The number of benzene rings is 1. The van der Waals surface area contributed by atoms with Gasteiger partial charge in [-0.05, 0) is 99.7 Å². The van der Waals surface area contributed by atoms with Gasteiger partial charge >= 0.3 is 12.0 Å². The van der Waals surface area contributed by atoms with Crippen molar-refractivity contribution in [2.45, 2.75) is 123 Å². The van der Waals surface area contributed by atoms with E-state index >= 15 is 0 Å². The Kier molecular flexibility index (Phi) is 14.8. The molecule has 0 aliphatic carbocycles. The maximum absolute atomic E-state index is 14.9. The molecule has 3 aromatic heterocycles. The first-order valence-corrected chi connectivity index (χ1v) is 25.5. The number of cyclic esters (lactones) is 1. The fraction of sp³-hybridized carbons (Fsp3) is 0.615. The first-order valence-electron chi connectivity index (χ1n) is 25.5. The fourth-order valence-electron chi connectivity index (χ4n) is 12.0. The minimum atomic E-state index is -0.988. The number of esters is 1. The maximum atomic E-state index is 14.9. The van der Waals surface area contributed by atoms with Crippen molar-refractivity contribution in [1.29, 1.82) is 5.26 Å². The highest BCUT2D eigenvalue weighted by molar-refractivity contribution is 5.95. The lowest BCUT2D eigenvalue weighted by atomic mass is 9.82. The number of rotatable bonds is 9. The van der Waals surface area contributed by atoms with Gasteiger partial charge in [0.15, 0.2) is 0 Å². The number of nitrogens with zero attached hydrogens (tertiary/aromatic N) is 10. The number of amides is 3. The lowest BCUT2D eigenvalue weighted by molar-refractivity contribution is -0.156. The molecule has 4 aromatic rings. The number of nitriles is 1. The van der Waals surface area contributed by atoms with E-state index < -0.39 is 35.6 Å². The van der Waals surface area contributed by atoms with Crippen molar-refractivity contribution >= 4 is 40.4 Å². The molecule has 4 fully saturated rings. The summed E-state index contributed by atoms with van der Waals surface area (Å²) in [7, 11) is 1.70. The van der Waals surface area contributed by atoms with E-state index in [0.29, 0.717) is 71.7 Å². The van der Waals surface area contributed by atoms with Gasteiger partial charge in [0, 0.05) is 86.6 Å². The van der Waals surface area contributed by atoms with Gasteiger partial charge < -0.3 is 33.9 Å². The highest BCUT2D eigenvalue weighted by atomic mass is 16.5. The number of anilines is 1. The van der Waals surface area contributed by atoms with Crippen LogP contribution in [0.3, 0.4) is 0 Å². The summed E-state index contributed by atoms with van der Waals surface area (Å²) >= 11 is 0. The zero-order valence-electron chi connectivity index (χ0n) is 42.3. The Morgan fingerprint density at radius 2 is 1.90 bits per heavy atom. The maximum Gasteiger partial charge on any atom is 0.346 e. The Bertz CT molecular complexity index is 2630. The van der Waals surface area contributed by atoms with Gasteiger partial charge in [-0.15, -0.1) is 5.10 Å². The number of hydrazine groups is 1. The molecule has 2 N–H and O–H groups in total. The number of aromatic nitrogens is 5. The molecular formula is C52H70N12O7. The van der Waals surface area contributed by atoms with Gasteiger partial charge in [-0.3, -0.25) is 29.3 Å². The average molecular weight is 975 g/mol. The Morgan fingerprint density at radius 1 is 1.07 bits per heavy atom. The first-order chi connectivity index (χ1) is 34.2. The van der Waals surface area contributed by atoms with Crippen LogP contribution in [0.5, 0.6) is 0 Å². The van der Waals surface area contributed by atoms with Crippen LogP contribution in [0.25, 0.3) is 22.2 Å². The van der Waals surface area contributed by atoms with Crippen LogP contribution >= 0.6 is 0 Å². The van der Waals surface area contributed by atoms with Gasteiger partial charge in [0.2, 0.25) is 5.91 Å². The number of piperidine rings is 1. The summed E-state index contributed by atoms with van der Waals surface area (Å²) in [5, 5.41) is 23.5. The minimum absolute atomic E-state index is 0.0429. The molecule has 0 radical (unpaired) electrons. The second-order valence-electron chi connectivity index (χ2n) is 21.2. The molecule has 71 heavy (non-hydrogen) atoms. The monoisotopic (exact) mass is 975 g/mol. The molecule has 9 rings (SSSR count). The van der Waals surface area contributed by atoms with E-state index in [1.54, 1.807) is 18.2 Å². The van der Waals surface area contributed by atoms with Crippen LogP contribution in [0, 0.1) is 34.5 Å². The average Bonchev–Trinajstić information content (AvgIpc) is 4.12. The minimum Gasteiger partial charge on any atom is -0.464 e. The third-order valence-electron chi connectivity index (χ3n) is 15.5. The van der Waals surface area contributed by atoms with Crippen molar-refractivity contribution in [3.8, 4) is 17.3 Å². The van der Waals surface area contributed by atoms with Crippen molar-refractivity contribution in [1.82, 2.24) is 50.1 Å². The lowest BCUT2D eigenvalue weighted by Gasteiger charge is -2.42. The topological polar surface area (TPSA) is 205 Å². The van der Waals surface area contributed by atoms with Crippen molar-refractivity contribution in [2.24, 2.45) is 23.2 Å². The van der Waals surface area contributed by atoms with Crippen LogP contribution in [0.2, 0.25) is 0 Å². The van der Waals surface area contributed by atoms with Gasteiger partial charge in [-0.2, -0.15) is 9.94 Å². The van der Waals surface area contributed by atoms with E-state index in [0.717, 1.165) is 45.5 Å². The number of carbonyl (C=O) groups is 4. The van der Waals surface area contributed by atoms with Crippen LogP contribution in [-0.2, 0) is 41.6 Å². The molecule has 19 heteroatoms. The summed E-state index contributed by atoms with van der Waals surface area (Å²) in [4.78, 5) is 68.5. The number of ether oxygens (including phenoxy) is 3. The molecule has 4 saturated heterocycles. The molecule has 380 valence electrons. The third kappa shape index (κ3) is 10.1. The van der Waals surface area contributed by atoms with Crippen molar-refractivity contribution in [2.75, 3.05) is 64.5 Å². The number of likely N-dealkylation sites (tertiary alicyclic amines) is 2. The Morgan fingerprint density at radius 3 is 2.65 bits per heavy atom. The Labute approximate surface area is 416 Å². The largest absolute Gasteiger partial charge is 0.464 e. The second kappa shape index (κ2) is 21.0. The van der Waals surface area contributed by atoms with Crippen molar-refractivity contribution in [3.05, 3.63) is 60.2 Å². The molecule has 0 spiro atoms. The number of pyridine rings is 1. The van der Waals surface area contributed by atoms with Crippen molar-refractivity contribution < 1.29 is 33.4 Å². The summed E-state index contributed by atoms with van der Waals surface area (Å²) in [6, 6.07) is 9.97. The van der Waals surface area contributed by atoms with E-state index in [1.807, 2.05) is 26.8 Å². The molecule has 1 aromatic carbocycles. The summed E-state index contributed by atoms with van der Waals surface area (Å²) < 4.78 is 22.0. The number of hydrogen-bond acceptors (Lipinski definition) is 14. The standard InChI is InChI=1S/C52H70N12O7/c1-8-61-43-14-13-35-25-38(43)39(47(61)37-11-9-18-54-45(37)33(4)69-7)27-52(5,6)31-71-50(67)41-12-10-20-63(57-41)49(66)42(26-36-29-59(35)23-24-70-36)56-48(65)46(32(2)3)60-21-16-34-28-62(44(15-17-53)40(34)30-60)51(68)64-22-19-55-58-64/h9,11,13-14,18-19,22,25,32-34,36,40-42,44,46,57H,8,10,12,15-16,20-21,23-24,26-31H2,1-7H3,(H,56,65)/t33-,34?,36-,40?,41-,42-,44?,46-/m0/s1. The van der Waals surface area contributed by atoms with Gasteiger partial charge in [-0.1, -0.05) is 32.9 Å². The molecule has 3 amide bonds. The Balaban J connectivity index is 1.03. The zero-order chi connectivity index (χ0) is 50.1. The molecule has 3 unspecified atom stereocenters. The summed E-state index contributed by atoms with van der Waals surface area (Å²) in [5.41, 5.74) is 8.87. The number of fused-ring (bicyclic) bond motifs is 7. The highest BCUT2D eigenvalue weighted by Crippen LogP contribution is 2.43. The van der Waals surface area contributed by atoms with E-state index in [9.17, 15) is 24.4 Å². The van der Waals surface area contributed by atoms with Crippen LogP contribution in [0.1, 0.15) is 91.0 Å². The predicted molar refractivity (Wildman–Crippen MR) is 264 cm³/mol. The molecule has 5 aliphatic heterocycles. The third-order valence-corrected chi connectivity index (χ3v) is 15.5. The van der Waals surface area contributed by atoms with Crippen LogP contribution in [-0.4, -0.2) is 153 Å². The predicted octanol–water partition coefficient (Wildman–Crippen LogP) is 4.95. The van der Waals surface area contributed by atoms with E-state index in [1.165, 1.54) is 22.1 Å². The van der Waals surface area contributed by atoms with Gasteiger partial charge in [0.1, 0.15) is 12.1 Å². The van der Waals surface area contributed by atoms with Crippen LogP contribution in [0.15, 0.2) is 48.9 Å². The summed E-state index contributed by atoms with van der Waals surface area (Å²) in [5.74, 6) is -1.09. The molecule has 8 heterocycles. The fourth-order valence-corrected chi connectivity index (χ4v) is 12.0. The molecule has 5 aliphatic rings. The summed E-state index contributed by atoms with van der Waals surface area (Å²) in [6.45, 7) is 16.8. The van der Waals surface area contributed by atoms with Gasteiger partial charge in [0.25, 0.3) is 5.91 Å². The van der Waals surface area contributed by atoms with Gasteiger partial charge in [0.05, 0.1) is 73.8 Å². The zero-order valence-corrected chi connectivity index (χ0v) is 42.3. The Hall–Kier alpha value is -5.94. The number of carbonyl (C=O) groups excluding carboxylic acids is 4.